The van der Waals surface area contributed by atoms with Crippen molar-refractivity contribution in [2.24, 2.45) is 0 Å². The zero-order valence-electron chi connectivity index (χ0n) is 11.8. The number of esters is 1. The van der Waals surface area contributed by atoms with E-state index in [0.717, 1.165) is 24.4 Å². The van der Waals surface area contributed by atoms with Gasteiger partial charge in [0.05, 0.1) is 5.56 Å². The summed E-state index contributed by atoms with van der Waals surface area (Å²) in [6.45, 7) is 3.73. The van der Waals surface area contributed by atoms with Gasteiger partial charge in [-0.25, -0.2) is 4.79 Å². The smallest absolute Gasteiger partial charge is 0.343 e. The van der Waals surface area contributed by atoms with Gasteiger partial charge in [-0.1, -0.05) is 17.7 Å². The predicted molar refractivity (Wildman–Crippen MR) is 79.9 cm³/mol. The van der Waals surface area contributed by atoms with Gasteiger partial charge in [0.2, 0.25) is 0 Å². The van der Waals surface area contributed by atoms with Crippen LogP contribution in [0, 0.1) is 6.92 Å². The van der Waals surface area contributed by atoms with E-state index in [1.54, 1.807) is 36.4 Å². The molecule has 21 heavy (non-hydrogen) atoms. The highest BCUT2D eigenvalue weighted by atomic mass is 16.5. The minimum atomic E-state index is -0.365. The lowest BCUT2D eigenvalue weighted by Crippen LogP contribution is -2.50. The lowest BCUT2D eigenvalue weighted by atomic mass is 10.2. The van der Waals surface area contributed by atoms with Gasteiger partial charge < -0.3 is 14.8 Å². The summed E-state index contributed by atoms with van der Waals surface area (Å²) in [5, 5.41) is 3.14. The van der Waals surface area contributed by atoms with Crippen LogP contribution in [0.5, 0.6) is 11.5 Å². The Morgan fingerprint density at radius 3 is 2.19 bits per heavy atom. The molecule has 4 nitrogen and oxygen atoms in total. The number of carbonyl (C=O) groups is 1. The molecule has 0 aliphatic carbocycles. The van der Waals surface area contributed by atoms with Gasteiger partial charge in [-0.3, -0.25) is 0 Å². The standard InChI is InChI=1S/C17H17NO3/c1-12-2-6-15(7-3-12)21-17(19)13-4-8-14(9-5-13)20-16-10-18-11-16/h2-9,16,18H,10-11H2,1H3. The fourth-order valence-corrected chi connectivity index (χ4v) is 1.98. The van der Waals surface area contributed by atoms with Crippen molar-refractivity contribution in [3.05, 3.63) is 59.7 Å². The summed E-state index contributed by atoms with van der Waals surface area (Å²) in [7, 11) is 0. The number of aryl methyl sites for hydroxylation is 1. The Kier molecular flexibility index (Phi) is 3.88. The SMILES string of the molecule is Cc1ccc(OC(=O)c2ccc(OC3CNC3)cc2)cc1. The molecule has 3 rings (SSSR count). The fraction of sp³-hybridized carbons (Fsp3) is 0.235. The Morgan fingerprint density at radius 1 is 1.00 bits per heavy atom. The average molecular weight is 283 g/mol. The lowest BCUT2D eigenvalue weighted by Gasteiger charge is -2.27. The van der Waals surface area contributed by atoms with E-state index in [1.165, 1.54) is 0 Å². The molecule has 0 saturated carbocycles. The van der Waals surface area contributed by atoms with Crippen LogP contribution in [-0.2, 0) is 0 Å². The maximum Gasteiger partial charge on any atom is 0.343 e. The van der Waals surface area contributed by atoms with Crippen LogP contribution in [-0.4, -0.2) is 25.2 Å². The predicted octanol–water partition coefficient (Wildman–Crippen LogP) is 2.56. The van der Waals surface area contributed by atoms with Gasteiger partial charge in [0.15, 0.2) is 0 Å². The van der Waals surface area contributed by atoms with Crippen molar-refractivity contribution >= 4 is 5.97 Å². The number of hydrogen-bond acceptors (Lipinski definition) is 4. The number of nitrogens with one attached hydrogen (secondary N) is 1. The van der Waals surface area contributed by atoms with Gasteiger partial charge in [0, 0.05) is 13.1 Å². The zero-order chi connectivity index (χ0) is 14.7. The largest absolute Gasteiger partial charge is 0.488 e. The summed E-state index contributed by atoms with van der Waals surface area (Å²) in [6, 6.07) is 14.4. The quantitative estimate of drug-likeness (QED) is 0.692. The molecular weight excluding hydrogens is 266 g/mol. The molecule has 2 aromatic carbocycles. The number of benzene rings is 2. The molecule has 0 atom stereocenters. The first kappa shape index (κ1) is 13.6. The van der Waals surface area contributed by atoms with Crippen molar-refractivity contribution in [2.45, 2.75) is 13.0 Å². The first-order chi connectivity index (χ1) is 10.2. The third-order valence-corrected chi connectivity index (χ3v) is 3.37. The first-order valence-corrected chi connectivity index (χ1v) is 6.97. The Morgan fingerprint density at radius 2 is 1.62 bits per heavy atom. The van der Waals surface area contributed by atoms with Crippen molar-refractivity contribution < 1.29 is 14.3 Å². The molecule has 0 aromatic heterocycles. The molecule has 0 amide bonds. The second-order valence-corrected chi connectivity index (χ2v) is 5.13. The molecule has 0 unspecified atom stereocenters. The van der Waals surface area contributed by atoms with E-state index in [-0.39, 0.29) is 12.1 Å². The van der Waals surface area contributed by atoms with Gasteiger partial charge in [-0.05, 0) is 43.3 Å². The summed E-state index contributed by atoms with van der Waals surface area (Å²) < 4.78 is 11.0. The average Bonchev–Trinajstić information content (AvgIpc) is 2.46. The van der Waals surface area contributed by atoms with Gasteiger partial charge >= 0.3 is 5.97 Å². The maximum absolute atomic E-state index is 12.0. The van der Waals surface area contributed by atoms with Crippen molar-refractivity contribution in [1.29, 1.82) is 0 Å². The highest BCUT2D eigenvalue weighted by Crippen LogP contribution is 2.17. The highest BCUT2D eigenvalue weighted by Gasteiger charge is 2.18. The molecule has 108 valence electrons. The summed E-state index contributed by atoms with van der Waals surface area (Å²) in [6.07, 6.45) is 0.232. The minimum absolute atomic E-state index is 0.232. The normalized spacial score (nSPS) is 14.3. The Hall–Kier alpha value is -2.33. The summed E-state index contributed by atoms with van der Waals surface area (Å²) in [5.74, 6) is 0.954. The first-order valence-electron chi connectivity index (χ1n) is 6.97. The van der Waals surface area contributed by atoms with Crippen LogP contribution >= 0.6 is 0 Å². The molecule has 0 spiro atoms. The van der Waals surface area contributed by atoms with Crippen LogP contribution in [0.1, 0.15) is 15.9 Å². The number of hydrogen-bond donors (Lipinski definition) is 1. The van der Waals surface area contributed by atoms with Crippen LogP contribution in [0.15, 0.2) is 48.5 Å². The third kappa shape index (κ3) is 3.41. The molecule has 1 fully saturated rings. The Bertz CT molecular complexity index is 615. The molecule has 1 saturated heterocycles. The molecule has 1 heterocycles. The van der Waals surface area contributed by atoms with Crippen molar-refractivity contribution in [2.75, 3.05) is 13.1 Å². The second-order valence-electron chi connectivity index (χ2n) is 5.13. The molecule has 2 aromatic rings. The molecular formula is C17H17NO3. The van der Waals surface area contributed by atoms with Gasteiger partial charge in [-0.15, -0.1) is 0 Å². The molecule has 0 radical (unpaired) electrons. The van der Waals surface area contributed by atoms with Gasteiger partial charge in [0.25, 0.3) is 0 Å². The fourth-order valence-electron chi connectivity index (χ4n) is 1.98. The van der Waals surface area contributed by atoms with E-state index in [9.17, 15) is 4.79 Å². The van der Waals surface area contributed by atoms with Crippen LogP contribution in [0.4, 0.5) is 0 Å². The molecule has 1 aliphatic rings. The number of ether oxygens (including phenoxy) is 2. The summed E-state index contributed by atoms with van der Waals surface area (Å²) in [5.41, 5.74) is 1.64. The second kappa shape index (κ2) is 5.97. The van der Waals surface area contributed by atoms with Crippen LogP contribution in [0.3, 0.4) is 0 Å². The Balaban J connectivity index is 1.62. The summed E-state index contributed by atoms with van der Waals surface area (Å²) >= 11 is 0. The van der Waals surface area contributed by atoms with E-state index in [0.29, 0.717) is 11.3 Å². The minimum Gasteiger partial charge on any atom is -0.488 e. The van der Waals surface area contributed by atoms with Crippen molar-refractivity contribution in [3.63, 3.8) is 0 Å². The van der Waals surface area contributed by atoms with E-state index in [4.69, 9.17) is 9.47 Å². The van der Waals surface area contributed by atoms with Gasteiger partial charge in [-0.2, -0.15) is 0 Å². The molecule has 0 bridgehead atoms. The monoisotopic (exact) mass is 283 g/mol. The van der Waals surface area contributed by atoms with E-state index in [2.05, 4.69) is 5.32 Å². The Labute approximate surface area is 123 Å². The number of rotatable bonds is 4. The zero-order valence-corrected chi connectivity index (χ0v) is 11.8. The van der Waals surface area contributed by atoms with Crippen molar-refractivity contribution in [3.8, 4) is 11.5 Å². The van der Waals surface area contributed by atoms with Crippen LogP contribution in [0.25, 0.3) is 0 Å². The number of carbonyl (C=O) groups excluding carboxylic acids is 1. The lowest BCUT2D eigenvalue weighted by molar-refractivity contribution is 0.0734. The molecule has 4 heteroatoms. The third-order valence-electron chi connectivity index (χ3n) is 3.37. The van der Waals surface area contributed by atoms with E-state index < -0.39 is 0 Å². The highest BCUT2D eigenvalue weighted by molar-refractivity contribution is 5.91. The molecule has 1 N–H and O–H groups in total. The van der Waals surface area contributed by atoms with Crippen LogP contribution < -0.4 is 14.8 Å². The summed E-state index contributed by atoms with van der Waals surface area (Å²) in [4.78, 5) is 12.0. The van der Waals surface area contributed by atoms with E-state index >= 15 is 0 Å². The van der Waals surface area contributed by atoms with Crippen LogP contribution in [0.2, 0.25) is 0 Å². The van der Waals surface area contributed by atoms with Gasteiger partial charge in [0.1, 0.15) is 17.6 Å². The topological polar surface area (TPSA) is 47.6 Å². The molecule has 1 aliphatic heterocycles. The maximum atomic E-state index is 12.0. The van der Waals surface area contributed by atoms with Crippen molar-refractivity contribution in [1.82, 2.24) is 5.32 Å². The van der Waals surface area contributed by atoms with E-state index in [1.807, 2.05) is 19.1 Å².